The zero-order valence-corrected chi connectivity index (χ0v) is 17.8. The zero-order chi connectivity index (χ0) is 20.0. The molecule has 0 bridgehead atoms. The van der Waals surface area contributed by atoms with Crippen molar-refractivity contribution in [3.63, 3.8) is 0 Å². The molecule has 8 heteroatoms. The van der Waals surface area contributed by atoms with Crippen LogP contribution >= 0.6 is 15.9 Å². The Balaban J connectivity index is 1.92. The summed E-state index contributed by atoms with van der Waals surface area (Å²) in [5.74, 6) is 0. The average Bonchev–Trinajstić information content (AvgIpc) is 2.60. The fourth-order valence-electron chi connectivity index (χ4n) is 2.83. The number of likely N-dealkylation sites (tertiary alicyclic amines) is 1. The largest absolute Gasteiger partial charge is 0.444 e. The van der Waals surface area contributed by atoms with Crippen molar-refractivity contribution in [3.8, 4) is 0 Å². The number of benzene rings is 1. The van der Waals surface area contributed by atoms with E-state index in [2.05, 4.69) is 26.6 Å². The molecular formula is C19H30BrN3O4. The number of nitrogens with zero attached hydrogens (tertiary/aromatic N) is 1. The van der Waals surface area contributed by atoms with Gasteiger partial charge in [-0.05, 0) is 51.8 Å². The van der Waals surface area contributed by atoms with Crippen LogP contribution in [0, 0.1) is 0 Å². The van der Waals surface area contributed by atoms with Gasteiger partial charge in [-0.15, -0.1) is 0 Å². The number of nitrogens with one attached hydrogen (secondary N) is 2. The van der Waals surface area contributed by atoms with Crippen LogP contribution in [0.3, 0.4) is 0 Å². The van der Waals surface area contributed by atoms with E-state index in [9.17, 15) is 9.90 Å². The number of hydrogen-bond donors (Lipinski definition) is 4. The number of rotatable bonds is 6. The molecule has 27 heavy (non-hydrogen) atoms. The van der Waals surface area contributed by atoms with Gasteiger partial charge in [0, 0.05) is 30.1 Å². The van der Waals surface area contributed by atoms with Crippen LogP contribution in [0.15, 0.2) is 22.7 Å². The minimum atomic E-state index is -0.811. The van der Waals surface area contributed by atoms with E-state index in [0.717, 1.165) is 28.7 Å². The number of halogens is 1. The summed E-state index contributed by atoms with van der Waals surface area (Å²) in [6.07, 6.45) is 0.584. The first-order chi connectivity index (χ1) is 12.7. The van der Waals surface area contributed by atoms with Gasteiger partial charge in [0.1, 0.15) is 5.60 Å². The van der Waals surface area contributed by atoms with Crippen LogP contribution in [0.4, 0.5) is 16.2 Å². The lowest BCUT2D eigenvalue weighted by Gasteiger charge is -2.34. The molecule has 1 aliphatic rings. The van der Waals surface area contributed by atoms with Crippen molar-refractivity contribution in [2.75, 3.05) is 36.9 Å². The highest BCUT2D eigenvalue weighted by molar-refractivity contribution is 9.10. The molecule has 4 N–H and O–H groups in total. The van der Waals surface area contributed by atoms with Gasteiger partial charge in [-0.2, -0.15) is 0 Å². The van der Waals surface area contributed by atoms with Crippen LogP contribution in [-0.2, 0) is 4.74 Å². The Morgan fingerprint density at radius 2 is 2.00 bits per heavy atom. The predicted octanol–water partition coefficient (Wildman–Crippen LogP) is 3.03. The second-order valence-electron chi connectivity index (χ2n) is 7.79. The third-order valence-corrected chi connectivity index (χ3v) is 4.72. The van der Waals surface area contributed by atoms with Crippen molar-refractivity contribution in [2.45, 2.75) is 51.4 Å². The molecule has 1 aromatic carbocycles. The van der Waals surface area contributed by atoms with E-state index in [4.69, 9.17) is 9.84 Å². The molecule has 152 valence electrons. The van der Waals surface area contributed by atoms with Gasteiger partial charge in [0.15, 0.2) is 0 Å². The SMILES string of the molecule is CC(C)(C)OC(=O)N1CCC(Nc2ccc(Br)cc2NCC(O)CO)CC1. The second kappa shape index (κ2) is 9.61. The van der Waals surface area contributed by atoms with Gasteiger partial charge in [0.05, 0.1) is 24.1 Å². The van der Waals surface area contributed by atoms with Crippen molar-refractivity contribution >= 4 is 33.4 Å². The molecular weight excluding hydrogens is 414 g/mol. The summed E-state index contributed by atoms with van der Waals surface area (Å²) in [4.78, 5) is 13.9. The molecule has 7 nitrogen and oxygen atoms in total. The van der Waals surface area contributed by atoms with E-state index >= 15 is 0 Å². The number of ether oxygens (including phenoxy) is 1. The maximum Gasteiger partial charge on any atom is 0.410 e. The summed E-state index contributed by atoms with van der Waals surface area (Å²) in [5.41, 5.74) is 1.30. The molecule has 0 radical (unpaired) electrons. The van der Waals surface area contributed by atoms with Gasteiger partial charge >= 0.3 is 6.09 Å². The second-order valence-corrected chi connectivity index (χ2v) is 8.71. The summed E-state index contributed by atoms with van der Waals surface area (Å²) < 4.78 is 6.36. The highest BCUT2D eigenvalue weighted by Gasteiger charge is 2.27. The number of aliphatic hydroxyl groups is 2. The van der Waals surface area contributed by atoms with E-state index in [-0.39, 0.29) is 25.3 Å². The Morgan fingerprint density at radius 1 is 1.33 bits per heavy atom. The van der Waals surface area contributed by atoms with Gasteiger partial charge in [0.25, 0.3) is 0 Å². The molecule has 1 aromatic rings. The maximum atomic E-state index is 12.2. The van der Waals surface area contributed by atoms with Gasteiger partial charge in [-0.25, -0.2) is 4.79 Å². The van der Waals surface area contributed by atoms with Gasteiger partial charge < -0.3 is 30.5 Å². The number of carbonyl (C=O) groups excluding carboxylic acids is 1. The Hall–Kier alpha value is -1.51. The summed E-state index contributed by atoms with van der Waals surface area (Å²) in [5, 5.41) is 25.2. The van der Waals surface area contributed by atoms with Crippen LogP contribution in [0.1, 0.15) is 33.6 Å². The number of piperidine rings is 1. The highest BCUT2D eigenvalue weighted by Crippen LogP contribution is 2.28. The molecule has 0 saturated carbocycles. The van der Waals surface area contributed by atoms with Gasteiger partial charge in [-0.3, -0.25) is 0 Å². The van der Waals surface area contributed by atoms with E-state index in [1.165, 1.54) is 0 Å². The van der Waals surface area contributed by atoms with Crippen LogP contribution in [-0.4, -0.2) is 65.2 Å². The molecule has 1 aliphatic heterocycles. The van der Waals surface area contributed by atoms with Crippen molar-refractivity contribution in [1.29, 1.82) is 0 Å². The molecule has 0 spiro atoms. The van der Waals surface area contributed by atoms with Gasteiger partial charge in [-0.1, -0.05) is 15.9 Å². The number of anilines is 2. The first-order valence-corrected chi connectivity index (χ1v) is 10.0. The Morgan fingerprint density at radius 3 is 2.59 bits per heavy atom. The summed E-state index contributed by atoms with van der Waals surface area (Å²) in [7, 11) is 0. The van der Waals surface area contributed by atoms with E-state index in [1.807, 2.05) is 39.0 Å². The van der Waals surface area contributed by atoms with Crippen molar-refractivity contribution in [2.24, 2.45) is 0 Å². The molecule has 1 saturated heterocycles. The Bertz CT molecular complexity index is 628. The van der Waals surface area contributed by atoms with Crippen molar-refractivity contribution in [1.82, 2.24) is 4.90 Å². The minimum Gasteiger partial charge on any atom is -0.444 e. The summed E-state index contributed by atoms with van der Waals surface area (Å²) in [6, 6.07) is 6.10. The van der Waals surface area contributed by atoms with Crippen LogP contribution in [0.25, 0.3) is 0 Å². The maximum absolute atomic E-state index is 12.2. The number of hydrogen-bond acceptors (Lipinski definition) is 6. The third kappa shape index (κ3) is 7.20. The monoisotopic (exact) mass is 443 g/mol. The smallest absolute Gasteiger partial charge is 0.410 e. The van der Waals surface area contributed by atoms with Crippen molar-refractivity contribution in [3.05, 3.63) is 22.7 Å². The lowest BCUT2D eigenvalue weighted by Crippen LogP contribution is -2.44. The molecule has 0 aromatic heterocycles. The third-order valence-electron chi connectivity index (χ3n) is 4.23. The van der Waals surface area contributed by atoms with Crippen LogP contribution in [0.5, 0.6) is 0 Å². The Kier molecular flexibility index (Phi) is 7.76. The molecule has 1 heterocycles. The molecule has 1 unspecified atom stereocenters. The van der Waals surface area contributed by atoms with E-state index in [0.29, 0.717) is 13.1 Å². The Labute approximate surface area is 169 Å². The first-order valence-electron chi connectivity index (χ1n) is 9.25. The molecule has 1 fully saturated rings. The van der Waals surface area contributed by atoms with Crippen molar-refractivity contribution < 1.29 is 19.7 Å². The van der Waals surface area contributed by atoms with Crippen LogP contribution < -0.4 is 10.6 Å². The standard InChI is InChI=1S/C19H30BrN3O4/c1-19(2,3)27-18(26)23-8-6-14(7-9-23)22-16-5-4-13(20)10-17(16)21-11-15(25)12-24/h4-5,10,14-15,21-22,24-25H,6-9,11-12H2,1-3H3. The lowest BCUT2D eigenvalue weighted by molar-refractivity contribution is 0.0210. The molecule has 1 atom stereocenters. The van der Waals surface area contributed by atoms with Crippen LogP contribution in [0.2, 0.25) is 0 Å². The van der Waals surface area contributed by atoms with Gasteiger partial charge in [0.2, 0.25) is 0 Å². The van der Waals surface area contributed by atoms with E-state index < -0.39 is 11.7 Å². The molecule has 1 amide bonds. The fourth-order valence-corrected chi connectivity index (χ4v) is 3.19. The summed E-state index contributed by atoms with van der Waals surface area (Å²) in [6.45, 7) is 6.88. The zero-order valence-electron chi connectivity index (χ0n) is 16.2. The summed E-state index contributed by atoms with van der Waals surface area (Å²) >= 11 is 3.46. The first kappa shape index (κ1) is 21.8. The fraction of sp³-hybridized carbons (Fsp3) is 0.632. The molecule has 0 aliphatic carbocycles. The number of carbonyl (C=O) groups is 1. The minimum absolute atomic E-state index is 0.244. The normalized spacial score (nSPS) is 16.7. The van der Waals surface area contributed by atoms with E-state index in [1.54, 1.807) is 4.90 Å². The highest BCUT2D eigenvalue weighted by atomic mass is 79.9. The number of aliphatic hydroxyl groups excluding tert-OH is 2. The lowest BCUT2D eigenvalue weighted by atomic mass is 10.0. The average molecular weight is 444 g/mol. The predicted molar refractivity (Wildman–Crippen MR) is 110 cm³/mol. The molecule has 2 rings (SSSR count). The quantitative estimate of drug-likeness (QED) is 0.539. The number of amides is 1. The topological polar surface area (TPSA) is 94.1 Å².